The molecule has 3 rings (SSSR count). The van der Waals surface area contributed by atoms with Crippen molar-refractivity contribution in [2.45, 2.75) is 19.4 Å². The highest BCUT2D eigenvalue weighted by Gasteiger charge is 2.23. The molecule has 5 heteroatoms. The molecule has 0 saturated carbocycles. The molecule has 1 aromatic heterocycles. The van der Waals surface area contributed by atoms with Crippen LogP contribution >= 0.6 is 11.3 Å². The second-order valence-electron chi connectivity index (χ2n) is 6.22. The zero-order valence-corrected chi connectivity index (χ0v) is 13.0. The van der Waals surface area contributed by atoms with Gasteiger partial charge in [-0.25, -0.2) is 4.98 Å². The lowest BCUT2D eigenvalue weighted by molar-refractivity contribution is 0.214. The number of thiazole rings is 1. The highest BCUT2D eigenvalue weighted by molar-refractivity contribution is 7.22. The Morgan fingerprint density at radius 2 is 1.90 bits per heavy atom. The fourth-order valence-electron chi connectivity index (χ4n) is 2.67. The lowest BCUT2D eigenvalue weighted by Gasteiger charge is -2.37. The third-order valence-corrected chi connectivity index (χ3v) is 4.65. The lowest BCUT2D eigenvalue weighted by Crippen LogP contribution is -2.53. The van der Waals surface area contributed by atoms with Crippen LogP contribution < -0.4 is 10.6 Å². The first-order chi connectivity index (χ1) is 9.51. The minimum atomic E-state index is -0.113. The molecule has 0 spiro atoms. The first-order valence-electron chi connectivity index (χ1n) is 7.13. The van der Waals surface area contributed by atoms with Crippen LogP contribution in [-0.4, -0.2) is 48.1 Å². The van der Waals surface area contributed by atoms with Crippen LogP contribution in [0.4, 0.5) is 5.13 Å². The molecule has 1 fully saturated rings. The smallest absolute Gasteiger partial charge is 0.186 e. The summed E-state index contributed by atoms with van der Waals surface area (Å²) in [5, 5.41) is 1.15. The van der Waals surface area contributed by atoms with Gasteiger partial charge in [-0.15, -0.1) is 0 Å². The number of anilines is 1. The number of hydrogen-bond acceptors (Lipinski definition) is 5. The number of aromatic nitrogens is 1. The molecule has 0 radical (unpaired) electrons. The first-order valence-corrected chi connectivity index (χ1v) is 7.95. The second kappa shape index (κ2) is 5.31. The summed E-state index contributed by atoms with van der Waals surface area (Å²) >= 11 is 1.79. The van der Waals surface area contributed by atoms with Crippen molar-refractivity contribution >= 4 is 26.7 Å². The van der Waals surface area contributed by atoms with Crippen molar-refractivity contribution in [1.82, 2.24) is 9.88 Å². The van der Waals surface area contributed by atoms with Crippen molar-refractivity contribution in [2.24, 2.45) is 5.73 Å². The van der Waals surface area contributed by atoms with E-state index in [1.165, 1.54) is 4.70 Å². The van der Waals surface area contributed by atoms with Gasteiger partial charge in [-0.3, -0.25) is 4.90 Å². The Kier molecular flexibility index (Phi) is 3.67. The van der Waals surface area contributed by atoms with Crippen molar-refractivity contribution in [1.29, 1.82) is 0 Å². The minimum absolute atomic E-state index is 0.113. The largest absolute Gasteiger partial charge is 0.345 e. The Morgan fingerprint density at radius 1 is 1.20 bits per heavy atom. The summed E-state index contributed by atoms with van der Waals surface area (Å²) in [5.74, 6) is 0. The van der Waals surface area contributed by atoms with Gasteiger partial charge in [0.1, 0.15) is 0 Å². The molecule has 0 bridgehead atoms. The molecule has 4 nitrogen and oxygen atoms in total. The van der Waals surface area contributed by atoms with E-state index in [1.807, 2.05) is 6.07 Å². The maximum Gasteiger partial charge on any atom is 0.186 e. The number of rotatable bonds is 3. The molecular formula is C15H22N4S. The van der Waals surface area contributed by atoms with E-state index in [0.717, 1.165) is 43.4 Å². The molecule has 108 valence electrons. The Hall–Kier alpha value is -1.17. The average Bonchev–Trinajstić information content (AvgIpc) is 2.81. The molecule has 0 unspecified atom stereocenters. The van der Waals surface area contributed by atoms with Gasteiger partial charge in [0.15, 0.2) is 5.13 Å². The van der Waals surface area contributed by atoms with Crippen molar-refractivity contribution in [3.05, 3.63) is 24.3 Å². The molecule has 1 saturated heterocycles. The van der Waals surface area contributed by atoms with Gasteiger partial charge >= 0.3 is 0 Å². The van der Waals surface area contributed by atoms with Crippen molar-refractivity contribution in [2.75, 3.05) is 37.6 Å². The number of piperazine rings is 1. The predicted molar refractivity (Wildman–Crippen MR) is 86.5 cm³/mol. The van der Waals surface area contributed by atoms with Gasteiger partial charge < -0.3 is 10.6 Å². The molecule has 2 N–H and O–H groups in total. The van der Waals surface area contributed by atoms with Crippen LogP contribution in [0, 0.1) is 0 Å². The molecule has 0 amide bonds. The predicted octanol–water partition coefficient (Wildman–Crippen LogP) is 2.16. The molecule has 2 heterocycles. The van der Waals surface area contributed by atoms with E-state index < -0.39 is 0 Å². The van der Waals surface area contributed by atoms with E-state index in [9.17, 15) is 0 Å². The Bertz CT molecular complexity index is 546. The van der Waals surface area contributed by atoms with Gasteiger partial charge in [-0.1, -0.05) is 23.5 Å². The van der Waals surface area contributed by atoms with Crippen LogP contribution in [0.1, 0.15) is 13.8 Å². The van der Waals surface area contributed by atoms with Gasteiger partial charge in [0.05, 0.1) is 10.2 Å². The highest BCUT2D eigenvalue weighted by atomic mass is 32.1. The summed E-state index contributed by atoms with van der Waals surface area (Å²) < 4.78 is 1.27. The highest BCUT2D eigenvalue weighted by Crippen LogP contribution is 2.29. The van der Waals surface area contributed by atoms with E-state index in [2.05, 4.69) is 41.8 Å². The van der Waals surface area contributed by atoms with E-state index in [1.54, 1.807) is 11.3 Å². The second-order valence-corrected chi connectivity index (χ2v) is 7.23. The monoisotopic (exact) mass is 290 g/mol. The van der Waals surface area contributed by atoms with Crippen molar-refractivity contribution < 1.29 is 0 Å². The zero-order valence-electron chi connectivity index (χ0n) is 12.2. The number of hydrogen-bond donors (Lipinski definition) is 1. The Labute approximate surface area is 124 Å². The quantitative estimate of drug-likeness (QED) is 0.941. The van der Waals surface area contributed by atoms with Gasteiger partial charge in [-0.05, 0) is 26.0 Å². The Morgan fingerprint density at radius 3 is 2.55 bits per heavy atom. The lowest BCUT2D eigenvalue weighted by atomic mass is 10.1. The standard InChI is InChI=1S/C15H22N4S/c1-15(2,16)11-18-7-9-19(10-8-18)14-17-12-5-3-4-6-13(12)20-14/h3-6H,7-11,16H2,1-2H3. The number of benzene rings is 1. The maximum atomic E-state index is 6.10. The minimum Gasteiger partial charge on any atom is -0.345 e. The number of fused-ring (bicyclic) bond motifs is 1. The van der Waals surface area contributed by atoms with Gasteiger partial charge in [-0.2, -0.15) is 0 Å². The van der Waals surface area contributed by atoms with Crippen LogP contribution in [0.15, 0.2) is 24.3 Å². The summed E-state index contributed by atoms with van der Waals surface area (Å²) in [6.45, 7) is 9.35. The van der Waals surface area contributed by atoms with Crippen LogP contribution in [0.3, 0.4) is 0 Å². The van der Waals surface area contributed by atoms with E-state index in [-0.39, 0.29) is 5.54 Å². The molecular weight excluding hydrogens is 268 g/mol. The number of nitrogens with zero attached hydrogens (tertiary/aromatic N) is 3. The summed E-state index contributed by atoms with van der Waals surface area (Å²) in [6.07, 6.45) is 0. The van der Waals surface area contributed by atoms with Gasteiger partial charge in [0, 0.05) is 38.3 Å². The fraction of sp³-hybridized carbons (Fsp3) is 0.533. The van der Waals surface area contributed by atoms with Gasteiger partial charge in [0.2, 0.25) is 0 Å². The molecule has 1 aliphatic heterocycles. The topological polar surface area (TPSA) is 45.4 Å². The van der Waals surface area contributed by atoms with E-state index in [4.69, 9.17) is 10.7 Å². The molecule has 1 aromatic carbocycles. The summed E-state index contributed by atoms with van der Waals surface area (Å²) in [5.41, 5.74) is 7.09. The van der Waals surface area contributed by atoms with E-state index in [0.29, 0.717) is 0 Å². The number of nitrogens with two attached hydrogens (primary N) is 1. The molecule has 0 atom stereocenters. The third kappa shape index (κ3) is 3.11. The van der Waals surface area contributed by atoms with Crippen molar-refractivity contribution in [3.63, 3.8) is 0 Å². The van der Waals surface area contributed by atoms with E-state index >= 15 is 0 Å². The first kappa shape index (κ1) is 13.8. The van der Waals surface area contributed by atoms with Crippen LogP contribution in [0.5, 0.6) is 0 Å². The van der Waals surface area contributed by atoms with Crippen LogP contribution in [0.2, 0.25) is 0 Å². The average molecular weight is 290 g/mol. The summed E-state index contributed by atoms with van der Waals surface area (Å²) in [7, 11) is 0. The molecule has 0 aliphatic carbocycles. The third-order valence-electron chi connectivity index (χ3n) is 3.56. The SMILES string of the molecule is CC(C)(N)CN1CCN(c2nc3ccccc3s2)CC1. The molecule has 20 heavy (non-hydrogen) atoms. The van der Waals surface area contributed by atoms with Crippen LogP contribution in [0.25, 0.3) is 10.2 Å². The summed E-state index contributed by atoms with van der Waals surface area (Å²) in [4.78, 5) is 9.58. The maximum absolute atomic E-state index is 6.10. The molecule has 2 aromatic rings. The number of para-hydroxylation sites is 1. The van der Waals surface area contributed by atoms with Crippen molar-refractivity contribution in [3.8, 4) is 0 Å². The zero-order chi connectivity index (χ0) is 14.2. The summed E-state index contributed by atoms with van der Waals surface area (Å²) in [6, 6.07) is 8.35. The molecule has 1 aliphatic rings. The Balaban J connectivity index is 1.66. The van der Waals surface area contributed by atoms with Crippen LogP contribution in [-0.2, 0) is 0 Å². The normalized spacial score (nSPS) is 17.9. The fourth-order valence-corrected chi connectivity index (χ4v) is 3.69. The van der Waals surface area contributed by atoms with Gasteiger partial charge in [0.25, 0.3) is 0 Å².